The van der Waals surface area contributed by atoms with Gasteiger partial charge >= 0.3 is 0 Å². The van der Waals surface area contributed by atoms with E-state index in [1.807, 2.05) is 7.05 Å². The van der Waals surface area contributed by atoms with Crippen LogP contribution in [-0.2, 0) is 0 Å². The summed E-state index contributed by atoms with van der Waals surface area (Å²) in [6.45, 7) is 7.95. The predicted molar refractivity (Wildman–Crippen MR) is 73.3 cm³/mol. The van der Waals surface area contributed by atoms with Crippen LogP contribution in [0, 0.1) is 5.41 Å². The van der Waals surface area contributed by atoms with Crippen molar-refractivity contribution in [1.29, 1.82) is 0 Å². The van der Waals surface area contributed by atoms with Crippen LogP contribution in [0.1, 0.15) is 27.2 Å². The van der Waals surface area contributed by atoms with Crippen LogP contribution in [0.3, 0.4) is 0 Å². The van der Waals surface area contributed by atoms with E-state index in [0.717, 1.165) is 12.2 Å². The maximum atomic E-state index is 3.13. The molecule has 1 aromatic rings. The van der Waals surface area contributed by atoms with Crippen LogP contribution in [0.5, 0.6) is 0 Å². The molecule has 0 aliphatic carbocycles. The van der Waals surface area contributed by atoms with Crippen molar-refractivity contribution >= 4 is 11.4 Å². The summed E-state index contributed by atoms with van der Waals surface area (Å²) < 4.78 is 0. The Kier molecular flexibility index (Phi) is 4.22. The smallest absolute Gasteiger partial charge is 0.0365 e. The number of nitrogens with zero attached hydrogens (tertiary/aromatic N) is 1. The van der Waals surface area contributed by atoms with Crippen LogP contribution in [0.15, 0.2) is 24.3 Å². The Hall–Kier alpha value is -1.18. The lowest BCUT2D eigenvalue weighted by Gasteiger charge is -2.25. The summed E-state index contributed by atoms with van der Waals surface area (Å²) in [7, 11) is 4.10. The maximum absolute atomic E-state index is 3.13. The third-order valence-electron chi connectivity index (χ3n) is 2.79. The molecule has 0 saturated carbocycles. The lowest BCUT2D eigenvalue weighted by atomic mass is 9.92. The number of benzene rings is 1. The van der Waals surface area contributed by atoms with E-state index in [4.69, 9.17) is 0 Å². The molecule has 0 unspecified atom stereocenters. The maximum Gasteiger partial charge on any atom is 0.0365 e. The van der Waals surface area contributed by atoms with Crippen molar-refractivity contribution in [2.75, 3.05) is 30.9 Å². The fourth-order valence-corrected chi connectivity index (χ4v) is 1.51. The first-order valence-electron chi connectivity index (χ1n) is 5.91. The monoisotopic (exact) mass is 220 g/mol. The van der Waals surface area contributed by atoms with E-state index in [9.17, 15) is 0 Å². The number of nitrogens with one attached hydrogen (secondary N) is 1. The van der Waals surface area contributed by atoms with Gasteiger partial charge in [0.15, 0.2) is 0 Å². The van der Waals surface area contributed by atoms with Crippen molar-refractivity contribution < 1.29 is 0 Å². The van der Waals surface area contributed by atoms with E-state index in [1.54, 1.807) is 0 Å². The van der Waals surface area contributed by atoms with Gasteiger partial charge in [0, 0.05) is 32.0 Å². The summed E-state index contributed by atoms with van der Waals surface area (Å²) in [5.74, 6) is 0. The third kappa shape index (κ3) is 4.13. The Morgan fingerprint density at radius 2 is 1.69 bits per heavy atom. The van der Waals surface area contributed by atoms with E-state index in [1.165, 1.54) is 12.1 Å². The molecule has 0 amide bonds. The number of hydrogen-bond donors (Lipinski definition) is 1. The van der Waals surface area contributed by atoms with Crippen LogP contribution < -0.4 is 10.2 Å². The van der Waals surface area contributed by atoms with Gasteiger partial charge in [-0.3, -0.25) is 0 Å². The second kappa shape index (κ2) is 5.24. The van der Waals surface area contributed by atoms with Gasteiger partial charge in [0.1, 0.15) is 0 Å². The van der Waals surface area contributed by atoms with Gasteiger partial charge in [0.05, 0.1) is 0 Å². The van der Waals surface area contributed by atoms with Crippen molar-refractivity contribution in [3.63, 3.8) is 0 Å². The quantitative estimate of drug-likeness (QED) is 0.834. The number of rotatable bonds is 4. The Morgan fingerprint density at radius 3 is 2.12 bits per heavy atom. The molecule has 90 valence electrons. The summed E-state index contributed by atoms with van der Waals surface area (Å²) in [6.07, 6.45) is 1.21. The van der Waals surface area contributed by atoms with Gasteiger partial charge < -0.3 is 10.2 Å². The normalized spacial score (nSPS) is 11.3. The molecule has 0 aliphatic rings. The molecule has 0 aliphatic heterocycles. The highest BCUT2D eigenvalue weighted by atomic mass is 15.1. The zero-order chi connectivity index (χ0) is 12.2. The standard InChI is InChI=1S/C14H24N2/c1-14(2,3)10-11-16(5)13-8-6-12(15-4)7-9-13/h6-9,15H,10-11H2,1-5H3. The zero-order valence-electron chi connectivity index (χ0n) is 11.2. The molecule has 1 rings (SSSR count). The Labute approximate surface area is 99.7 Å². The topological polar surface area (TPSA) is 15.3 Å². The van der Waals surface area contributed by atoms with E-state index in [2.05, 4.69) is 62.3 Å². The molecule has 1 N–H and O–H groups in total. The SMILES string of the molecule is CNc1ccc(N(C)CCC(C)(C)C)cc1. The zero-order valence-corrected chi connectivity index (χ0v) is 11.2. The van der Waals surface area contributed by atoms with Crippen molar-refractivity contribution in [2.45, 2.75) is 27.2 Å². The molecule has 0 heterocycles. The molecule has 1 aromatic carbocycles. The molecule has 0 spiro atoms. The highest BCUT2D eigenvalue weighted by Gasteiger charge is 2.11. The summed E-state index contributed by atoms with van der Waals surface area (Å²) in [6, 6.07) is 8.55. The molecule has 0 fully saturated rings. The Balaban J connectivity index is 2.56. The van der Waals surface area contributed by atoms with Gasteiger partial charge in [-0.05, 0) is 36.1 Å². The van der Waals surface area contributed by atoms with Crippen LogP contribution in [0.2, 0.25) is 0 Å². The fourth-order valence-electron chi connectivity index (χ4n) is 1.51. The minimum Gasteiger partial charge on any atom is -0.388 e. The molecule has 0 atom stereocenters. The summed E-state index contributed by atoms with van der Waals surface area (Å²) in [4.78, 5) is 2.31. The van der Waals surface area contributed by atoms with E-state index < -0.39 is 0 Å². The van der Waals surface area contributed by atoms with Gasteiger partial charge in [0.25, 0.3) is 0 Å². The largest absolute Gasteiger partial charge is 0.388 e. The van der Waals surface area contributed by atoms with Gasteiger partial charge in [-0.25, -0.2) is 0 Å². The van der Waals surface area contributed by atoms with E-state index >= 15 is 0 Å². The first-order valence-corrected chi connectivity index (χ1v) is 5.91. The lowest BCUT2D eigenvalue weighted by Crippen LogP contribution is -2.22. The van der Waals surface area contributed by atoms with Gasteiger partial charge in [-0.15, -0.1) is 0 Å². The molecule has 0 bridgehead atoms. The van der Waals surface area contributed by atoms with Crippen molar-refractivity contribution in [3.05, 3.63) is 24.3 Å². The summed E-state index contributed by atoms with van der Waals surface area (Å²) in [5.41, 5.74) is 2.84. The minimum atomic E-state index is 0.402. The molecule has 2 nitrogen and oxygen atoms in total. The predicted octanol–water partition coefficient (Wildman–Crippen LogP) is 3.60. The molecular formula is C14H24N2. The lowest BCUT2D eigenvalue weighted by molar-refractivity contribution is 0.381. The molecule has 2 heteroatoms. The van der Waals surface area contributed by atoms with Gasteiger partial charge in [-0.1, -0.05) is 20.8 Å². The van der Waals surface area contributed by atoms with Crippen LogP contribution in [0.25, 0.3) is 0 Å². The van der Waals surface area contributed by atoms with Crippen LogP contribution in [0.4, 0.5) is 11.4 Å². The average molecular weight is 220 g/mol. The van der Waals surface area contributed by atoms with Crippen molar-refractivity contribution in [3.8, 4) is 0 Å². The third-order valence-corrected chi connectivity index (χ3v) is 2.79. The minimum absolute atomic E-state index is 0.402. The first-order chi connectivity index (χ1) is 7.42. The van der Waals surface area contributed by atoms with E-state index in [0.29, 0.717) is 5.41 Å². The van der Waals surface area contributed by atoms with Crippen LogP contribution in [-0.4, -0.2) is 20.6 Å². The first kappa shape index (κ1) is 12.9. The second-order valence-corrected chi connectivity index (χ2v) is 5.53. The molecule has 0 radical (unpaired) electrons. The number of hydrogen-bond acceptors (Lipinski definition) is 2. The average Bonchev–Trinajstić information content (AvgIpc) is 2.25. The molecule has 0 aromatic heterocycles. The summed E-state index contributed by atoms with van der Waals surface area (Å²) in [5, 5.41) is 3.13. The fraction of sp³-hybridized carbons (Fsp3) is 0.571. The Morgan fingerprint density at radius 1 is 1.12 bits per heavy atom. The Bertz CT molecular complexity index is 309. The van der Waals surface area contributed by atoms with Gasteiger partial charge in [0.2, 0.25) is 0 Å². The number of anilines is 2. The van der Waals surface area contributed by atoms with Crippen LogP contribution >= 0.6 is 0 Å². The molecular weight excluding hydrogens is 196 g/mol. The van der Waals surface area contributed by atoms with E-state index in [-0.39, 0.29) is 0 Å². The van der Waals surface area contributed by atoms with Gasteiger partial charge in [-0.2, -0.15) is 0 Å². The molecule has 16 heavy (non-hydrogen) atoms. The summed E-state index contributed by atoms with van der Waals surface area (Å²) >= 11 is 0. The highest BCUT2D eigenvalue weighted by Crippen LogP contribution is 2.21. The molecule has 0 saturated heterocycles. The highest BCUT2D eigenvalue weighted by molar-refractivity contribution is 5.54. The van der Waals surface area contributed by atoms with Crippen molar-refractivity contribution in [2.24, 2.45) is 5.41 Å². The van der Waals surface area contributed by atoms with Crippen molar-refractivity contribution in [1.82, 2.24) is 0 Å². The second-order valence-electron chi connectivity index (χ2n) is 5.53.